The Morgan fingerprint density at radius 2 is 2.04 bits per heavy atom. The number of aromatic nitrogens is 3. The molecule has 3 heterocycles. The number of carbonyl (C=O) groups is 1. The number of hydrogen-bond donors (Lipinski definition) is 0. The van der Waals surface area contributed by atoms with Gasteiger partial charge in [0.05, 0.1) is 31.6 Å². The predicted octanol–water partition coefficient (Wildman–Crippen LogP) is 1.36. The molecule has 1 fully saturated rings. The summed E-state index contributed by atoms with van der Waals surface area (Å²) in [5, 5.41) is 0. The molecule has 0 saturated carbocycles. The first-order valence-electron chi connectivity index (χ1n) is 8.36. The van der Waals surface area contributed by atoms with Crippen molar-refractivity contribution >= 4 is 5.91 Å². The van der Waals surface area contributed by atoms with E-state index in [1.807, 2.05) is 17.0 Å². The molecule has 132 valence electrons. The first-order chi connectivity index (χ1) is 12.3. The third-order valence-corrected chi connectivity index (χ3v) is 4.34. The summed E-state index contributed by atoms with van der Waals surface area (Å²) in [5.41, 5.74) is 1.49. The van der Waals surface area contributed by atoms with E-state index < -0.39 is 0 Å². The Bertz CT molecular complexity index is 669. The second-order valence-electron chi connectivity index (χ2n) is 5.91. The van der Waals surface area contributed by atoms with Crippen LogP contribution in [0.1, 0.15) is 22.5 Å². The third-order valence-electron chi connectivity index (χ3n) is 4.34. The van der Waals surface area contributed by atoms with Crippen molar-refractivity contribution in [3.05, 3.63) is 54.4 Å². The average molecular weight is 342 g/mol. The van der Waals surface area contributed by atoms with Crippen LogP contribution in [0.4, 0.5) is 0 Å². The van der Waals surface area contributed by atoms with Crippen LogP contribution in [0.25, 0.3) is 0 Å². The number of hydrogen-bond acceptors (Lipinski definition) is 6. The molecule has 3 rings (SSSR count). The number of carbonyl (C=O) groups excluding carboxylic acids is 1. The van der Waals surface area contributed by atoms with Crippen LogP contribution >= 0.6 is 0 Å². The number of rotatable bonds is 7. The maximum atomic E-state index is 12.9. The minimum atomic E-state index is -0.106. The van der Waals surface area contributed by atoms with Gasteiger partial charge in [-0.25, -0.2) is 4.98 Å². The molecular formula is C18H22N4O3. The topological polar surface area (TPSA) is 77.4 Å². The molecule has 1 saturated heterocycles. The first-order valence-corrected chi connectivity index (χ1v) is 8.36. The summed E-state index contributed by atoms with van der Waals surface area (Å²) < 4.78 is 11.0. The summed E-state index contributed by atoms with van der Waals surface area (Å²) in [6.07, 6.45) is 9.62. The molecule has 0 unspecified atom stereocenters. The lowest BCUT2D eigenvalue weighted by Crippen LogP contribution is -2.42. The van der Waals surface area contributed by atoms with Gasteiger partial charge < -0.3 is 14.4 Å². The highest BCUT2D eigenvalue weighted by Gasteiger charge is 2.38. The Labute approximate surface area is 147 Å². The van der Waals surface area contributed by atoms with Crippen LogP contribution in [0.15, 0.2) is 43.1 Å². The van der Waals surface area contributed by atoms with Crippen LogP contribution in [0.5, 0.6) is 0 Å². The number of methoxy groups -OCH3 is 1. The van der Waals surface area contributed by atoms with E-state index in [2.05, 4.69) is 15.0 Å². The van der Waals surface area contributed by atoms with E-state index in [9.17, 15) is 4.79 Å². The number of amides is 1. The molecule has 1 aliphatic rings. The third kappa shape index (κ3) is 4.37. The molecule has 0 aliphatic carbocycles. The van der Waals surface area contributed by atoms with E-state index in [1.54, 1.807) is 25.7 Å². The highest BCUT2D eigenvalue weighted by Crippen LogP contribution is 2.25. The SMILES string of the molecule is COCCO[C@@H]1CCN(C(=O)c2cnccn2)[C@H]1Cc1ccncc1. The average Bonchev–Trinajstić information content (AvgIpc) is 3.05. The van der Waals surface area contributed by atoms with Gasteiger partial charge in [-0.2, -0.15) is 0 Å². The fourth-order valence-corrected chi connectivity index (χ4v) is 3.11. The van der Waals surface area contributed by atoms with Crippen LogP contribution in [0, 0.1) is 0 Å². The lowest BCUT2D eigenvalue weighted by Gasteiger charge is -2.28. The number of likely N-dealkylation sites (tertiary alicyclic amines) is 1. The van der Waals surface area contributed by atoms with E-state index in [4.69, 9.17) is 9.47 Å². The monoisotopic (exact) mass is 342 g/mol. The van der Waals surface area contributed by atoms with E-state index in [-0.39, 0.29) is 18.1 Å². The van der Waals surface area contributed by atoms with E-state index in [0.717, 1.165) is 12.0 Å². The van der Waals surface area contributed by atoms with Crippen LogP contribution < -0.4 is 0 Å². The molecule has 2 aromatic heterocycles. The van der Waals surface area contributed by atoms with Crippen molar-refractivity contribution in [1.29, 1.82) is 0 Å². The van der Waals surface area contributed by atoms with Crippen molar-refractivity contribution in [2.24, 2.45) is 0 Å². The zero-order valence-electron chi connectivity index (χ0n) is 14.2. The molecule has 2 atom stereocenters. The molecule has 7 nitrogen and oxygen atoms in total. The van der Waals surface area contributed by atoms with Crippen molar-refractivity contribution < 1.29 is 14.3 Å². The van der Waals surface area contributed by atoms with Gasteiger partial charge in [0, 0.05) is 38.4 Å². The largest absolute Gasteiger partial charge is 0.382 e. The van der Waals surface area contributed by atoms with Gasteiger partial charge in [0.2, 0.25) is 0 Å². The molecule has 2 aromatic rings. The standard InChI is InChI=1S/C18H22N4O3/c1-24-10-11-25-17-4-9-22(18(23)15-13-20-7-8-21-15)16(17)12-14-2-5-19-6-3-14/h2-3,5-8,13,16-17H,4,9-12H2,1H3/t16-,17+/m0/s1. The lowest BCUT2D eigenvalue weighted by atomic mass is 10.0. The van der Waals surface area contributed by atoms with Gasteiger partial charge >= 0.3 is 0 Å². The summed E-state index contributed by atoms with van der Waals surface area (Å²) in [6, 6.07) is 3.89. The fraction of sp³-hybridized carbons (Fsp3) is 0.444. The van der Waals surface area contributed by atoms with E-state index in [1.165, 1.54) is 12.4 Å². The molecule has 0 spiro atoms. The summed E-state index contributed by atoms with van der Waals surface area (Å²) in [6.45, 7) is 1.70. The first kappa shape index (κ1) is 17.4. The molecule has 0 bridgehead atoms. The van der Waals surface area contributed by atoms with Crippen molar-refractivity contribution in [2.75, 3.05) is 26.9 Å². The van der Waals surface area contributed by atoms with Crippen molar-refractivity contribution in [3.63, 3.8) is 0 Å². The van der Waals surface area contributed by atoms with Crippen LogP contribution in [0.2, 0.25) is 0 Å². The lowest BCUT2D eigenvalue weighted by molar-refractivity contribution is 0.000409. The Kier molecular flexibility index (Phi) is 6.03. The van der Waals surface area contributed by atoms with Gasteiger partial charge in [-0.15, -0.1) is 0 Å². The highest BCUT2D eigenvalue weighted by atomic mass is 16.5. The van der Waals surface area contributed by atoms with Crippen LogP contribution in [-0.2, 0) is 15.9 Å². The second-order valence-corrected chi connectivity index (χ2v) is 5.91. The summed E-state index contributed by atoms with van der Waals surface area (Å²) in [4.78, 5) is 26.9. The summed E-state index contributed by atoms with van der Waals surface area (Å²) >= 11 is 0. The summed E-state index contributed by atoms with van der Waals surface area (Å²) in [7, 11) is 1.65. The molecular weight excluding hydrogens is 320 g/mol. The van der Waals surface area contributed by atoms with Crippen molar-refractivity contribution in [1.82, 2.24) is 19.9 Å². The van der Waals surface area contributed by atoms with E-state index >= 15 is 0 Å². The molecule has 0 aromatic carbocycles. The molecule has 7 heteroatoms. The van der Waals surface area contributed by atoms with Gasteiger partial charge in [0.25, 0.3) is 5.91 Å². The van der Waals surface area contributed by atoms with Gasteiger partial charge in [-0.1, -0.05) is 0 Å². The zero-order valence-corrected chi connectivity index (χ0v) is 14.2. The number of nitrogens with zero attached hydrogens (tertiary/aromatic N) is 4. The minimum Gasteiger partial charge on any atom is -0.382 e. The number of ether oxygens (including phenoxy) is 2. The predicted molar refractivity (Wildman–Crippen MR) is 91.0 cm³/mol. The molecule has 1 amide bonds. The Balaban J connectivity index is 1.77. The fourth-order valence-electron chi connectivity index (χ4n) is 3.11. The van der Waals surface area contributed by atoms with Crippen LogP contribution in [-0.4, -0.2) is 64.8 Å². The van der Waals surface area contributed by atoms with Gasteiger partial charge in [-0.3, -0.25) is 14.8 Å². The number of pyridine rings is 1. The maximum Gasteiger partial charge on any atom is 0.274 e. The van der Waals surface area contributed by atoms with Crippen molar-refractivity contribution in [3.8, 4) is 0 Å². The molecule has 1 aliphatic heterocycles. The van der Waals surface area contributed by atoms with Crippen LogP contribution in [0.3, 0.4) is 0 Å². The quantitative estimate of drug-likeness (QED) is 0.707. The zero-order chi connectivity index (χ0) is 17.5. The molecule has 0 N–H and O–H groups in total. The normalized spacial score (nSPS) is 20.0. The van der Waals surface area contributed by atoms with Gasteiger partial charge in [0.1, 0.15) is 5.69 Å². The highest BCUT2D eigenvalue weighted by molar-refractivity contribution is 5.92. The Morgan fingerprint density at radius 1 is 1.20 bits per heavy atom. The van der Waals surface area contributed by atoms with Gasteiger partial charge in [0.15, 0.2) is 0 Å². The smallest absolute Gasteiger partial charge is 0.274 e. The van der Waals surface area contributed by atoms with Gasteiger partial charge in [-0.05, 0) is 30.5 Å². The Morgan fingerprint density at radius 3 is 2.76 bits per heavy atom. The summed E-state index contributed by atoms with van der Waals surface area (Å²) in [5.74, 6) is -0.106. The molecule has 25 heavy (non-hydrogen) atoms. The Hall–Kier alpha value is -2.38. The minimum absolute atomic E-state index is 0.0241. The van der Waals surface area contributed by atoms with Crippen molar-refractivity contribution in [2.45, 2.75) is 25.0 Å². The van der Waals surface area contributed by atoms with E-state index in [0.29, 0.717) is 31.9 Å². The molecule has 0 radical (unpaired) electrons. The second kappa shape index (κ2) is 8.64. The maximum absolute atomic E-state index is 12.9.